The number of hydrogen-bond acceptors (Lipinski definition) is 4. The lowest BCUT2D eigenvalue weighted by molar-refractivity contribution is -0.154. The van der Waals surface area contributed by atoms with Crippen LogP contribution in [0.5, 0.6) is 0 Å². The van der Waals surface area contributed by atoms with Gasteiger partial charge < -0.3 is 10.0 Å². The number of carboxylic acid groups (broad SMARTS) is 1. The molecular formula is C12H21NO5S. The summed E-state index contributed by atoms with van der Waals surface area (Å²) in [5, 5.41) is 9.20. The van der Waals surface area contributed by atoms with Gasteiger partial charge in [-0.1, -0.05) is 6.92 Å². The number of aliphatic carboxylic acids is 1. The van der Waals surface area contributed by atoms with Crippen molar-refractivity contribution in [1.29, 1.82) is 0 Å². The van der Waals surface area contributed by atoms with E-state index >= 15 is 0 Å². The van der Waals surface area contributed by atoms with Crippen LogP contribution in [0.3, 0.4) is 0 Å². The summed E-state index contributed by atoms with van der Waals surface area (Å²) in [6.07, 6.45) is 1.70. The minimum atomic E-state index is -3.05. The van der Waals surface area contributed by atoms with Gasteiger partial charge in [-0.2, -0.15) is 0 Å². The highest BCUT2D eigenvalue weighted by molar-refractivity contribution is 7.90. The molecule has 0 spiro atoms. The molecule has 0 bridgehead atoms. The largest absolute Gasteiger partial charge is 0.481 e. The van der Waals surface area contributed by atoms with Crippen LogP contribution in [0, 0.1) is 11.8 Å². The van der Waals surface area contributed by atoms with E-state index in [4.69, 9.17) is 0 Å². The van der Waals surface area contributed by atoms with Gasteiger partial charge in [0.25, 0.3) is 0 Å². The van der Waals surface area contributed by atoms with Crippen molar-refractivity contribution in [3.05, 3.63) is 0 Å². The second kappa shape index (κ2) is 5.90. The zero-order valence-electron chi connectivity index (χ0n) is 11.5. The highest BCUT2D eigenvalue weighted by atomic mass is 32.2. The van der Waals surface area contributed by atoms with Crippen molar-refractivity contribution in [2.24, 2.45) is 11.8 Å². The minimum Gasteiger partial charge on any atom is -0.481 e. The summed E-state index contributed by atoms with van der Waals surface area (Å²) in [7, 11) is -3.05. The zero-order chi connectivity index (χ0) is 14.8. The number of nitrogens with zero attached hydrogens (tertiary/aromatic N) is 1. The Morgan fingerprint density at radius 1 is 1.42 bits per heavy atom. The smallest absolute Gasteiger partial charge is 0.308 e. The molecule has 1 amide bonds. The van der Waals surface area contributed by atoms with Crippen LogP contribution >= 0.6 is 0 Å². The SMILES string of the molecule is CC1CC(=O)N(CCCS(C)(=O)=O)C(C)C1C(=O)O. The first kappa shape index (κ1) is 15.9. The van der Waals surface area contributed by atoms with Crippen molar-refractivity contribution >= 4 is 21.7 Å². The fourth-order valence-electron chi connectivity index (χ4n) is 2.69. The molecule has 0 radical (unpaired) electrons. The fraction of sp³-hybridized carbons (Fsp3) is 0.833. The molecular weight excluding hydrogens is 270 g/mol. The number of likely N-dealkylation sites (tertiary alicyclic amines) is 1. The summed E-state index contributed by atoms with van der Waals surface area (Å²) < 4.78 is 22.1. The van der Waals surface area contributed by atoms with Gasteiger partial charge in [0.15, 0.2) is 0 Å². The molecule has 0 aromatic heterocycles. The molecule has 1 heterocycles. The van der Waals surface area contributed by atoms with E-state index in [1.165, 1.54) is 4.90 Å². The van der Waals surface area contributed by atoms with Crippen LogP contribution in [-0.4, -0.2) is 54.9 Å². The van der Waals surface area contributed by atoms with Crippen LogP contribution in [-0.2, 0) is 19.4 Å². The molecule has 110 valence electrons. The predicted octanol–water partition coefficient (Wildman–Crippen LogP) is 0.379. The van der Waals surface area contributed by atoms with Crippen LogP contribution < -0.4 is 0 Å². The molecule has 3 atom stereocenters. The predicted molar refractivity (Wildman–Crippen MR) is 70.4 cm³/mol. The Balaban J connectivity index is 2.71. The number of amides is 1. The van der Waals surface area contributed by atoms with Crippen molar-refractivity contribution in [2.45, 2.75) is 32.7 Å². The zero-order valence-corrected chi connectivity index (χ0v) is 12.3. The summed E-state index contributed by atoms with van der Waals surface area (Å²) in [5.41, 5.74) is 0. The molecule has 1 rings (SSSR count). The van der Waals surface area contributed by atoms with Gasteiger partial charge in [0.1, 0.15) is 9.84 Å². The van der Waals surface area contributed by atoms with Crippen LogP contribution in [0.25, 0.3) is 0 Å². The van der Waals surface area contributed by atoms with E-state index in [-0.39, 0.29) is 24.0 Å². The topological polar surface area (TPSA) is 91.8 Å². The van der Waals surface area contributed by atoms with Gasteiger partial charge in [-0.3, -0.25) is 9.59 Å². The third-order valence-corrected chi connectivity index (χ3v) is 4.67. The number of rotatable bonds is 5. The molecule has 0 saturated carbocycles. The lowest BCUT2D eigenvalue weighted by atomic mass is 9.81. The first-order valence-electron chi connectivity index (χ1n) is 6.33. The monoisotopic (exact) mass is 291 g/mol. The summed E-state index contributed by atoms with van der Waals surface area (Å²) in [4.78, 5) is 24.7. The molecule has 0 aromatic carbocycles. The highest BCUT2D eigenvalue weighted by Crippen LogP contribution is 2.30. The summed E-state index contributed by atoms with van der Waals surface area (Å²) >= 11 is 0. The second-order valence-corrected chi connectivity index (χ2v) is 7.62. The molecule has 1 aliphatic heterocycles. The van der Waals surface area contributed by atoms with Crippen LogP contribution in [0.2, 0.25) is 0 Å². The maximum atomic E-state index is 11.9. The van der Waals surface area contributed by atoms with E-state index < -0.39 is 27.8 Å². The summed E-state index contributed by atoms with van der Waals surface area (Å²) in [6.45, 7) is 3.78. The van der Waals surface area contributed by atoms with Gasteiger partial charge >= 0.3 is 5.97 Å². The Hall–Kier alpha value is -1.11. The number of carbonyl (C=O) groups is 2. The maximum absolute atomic E-state index is 11.9. The van der Waals surface area contributed by atoms with E-state index in [1.807, 2.05) is 0 Å². The Kier molecular flexibility index (Phi) is 4.95. The van der Waals surface area contributed by atoms with Crippen LogP contribution in [0.4, 0.5) is 0 Å². The lowest BCUT2D eigenvalue weighted by Gasteiger charge is -2.40. The standard InChI is InChI=1S/C12H21NO5S/c1-8-7-10(14)13(5-4-6-19(3,17)18)9(2)11(8)12(15)16/h8-9,11H,4-7H2,1-3H3,(H,15,16). The Labute approximate surface area is 113 Å². The number of carbonyl (C=O) groups excluding carboxylic acids is 1. The summed E-state index contributed by atoms with van der Waals surface area (Å²) in [5.74, 6) is -1.76. The van der Waals surface area contributed by atoms with E-state index in [9.17, 15) is 23.1 Å². The maximum Gasteiger partial charge on any atom is 0.308 e. The molecule has 0 aromatic rings. The van der Waals surface area contributed by atoms with Crippen molar-refractivity contribution < 1.29 is 23.1 Å². The number of carboxylic acids is 1. The molecule has 1 fully saturated rings. The first-order valence-corrected chi connectivity index (χ1v) is 8.39. The van der Waals surface area contributed by atoms with Gasteiger partial charge in [-0.15, -0.1) is 0 Å². The van der Waals surface area contributed by atoms with Crippen molar-refractivity contribution in [2.75, 3.05) is 18.6 Å². The Morgan fingerprint density at radius 3 is 2.47 bits per heavy atom. The number of piperidine rings is 1. The molecule has 3 unspecified atom stereocenters. The van der Waals surface area contributed by atoms with Gasteiger partial charge in [0.05, 0.1) is 11.7 Å². The second-order valence-electron chi connectivity index (χ2n) is 5.36. The average Bonchev–Trinajstić information content (AvgIpc) is 2.20. The quantitative estimate of drug-likeness (QED) is 0.790. The molecule has 0 aliphatic carbocycles. The Bertz CT molecular complexity index is 459. The molecule has 19 heavy (non-hydrogen) atoms. The molecule has 6 nitrogen and oxygen atoms in total. The summed E-state index contributed by atoms with van der Waals surface area (Å²) in [6, 6.07) is -0.395. The molecule has 7 heteroatoms. The Morgan fingerprint density at radius 2 is 2.00 bits per heavy atom. The van der Waals surface area contributed by atoms with Gasteiger partial charge in [0, 0.05) is 25.3 Å². The normalized spacial score (nSPS) is 28.5. The molecule has 1 saturated heterocycles. The van der Waals surface area contributed by atoms with E-state index in [0.717, 1.165) is 6.26 Å². The third-order valence-electron chi connectivity index (χ3n) is 3.64. The first-order chi connectivity index (χ1) is 8.63. The third kappa shape index (κ3) is 4.19. The van der Waals surface area contributed by atoms with Crippen LogP contribution in [0.1, 0.15) is 26.7 Å². The van der Waals surface area contributed by atoms with Crippen molar-refractivity contribution in [1.82, 2.24) is 4.90 Å². The van der Waals surface area contributed by atoms with Gasteiger partial charge in [0.2, 0.25) is 5.91 Å². The molecule has 1 aliphatic rings. The molecule has 1 N–H and O–H groups in total. The number of hydrogen-bond donors (Lipinski definition) is 1. The van der Waals surface area contributed by atoms with Gasteiger partial charge in [-0.05, 0) is 19.3 Å². The average molecular weight is 291 g/mol. The van der Waals surface area contributed by atoms with E-state index in [0.29, 0.717) is 13.0 Å². The van der Waals surface area contributed by atoms with Crippen LogP contribution in [0.15, 0.2) is 0 Å². The van der Waals surface area contributed by atoms with Gasteiger partial charge in [-0.25, -0.2) is 8.42 Å². The van der Waals surface area contributed by atoms with Crippen molar-refractivity contribution in [3.63, 3.8) is 0 Å². The highest BCUT2D eigenvalue weighted by Gasteiger charge is 2.41. The van der Waals surface area contributed by atoms with E-state index in [1.54, 1.807) is 13.8 Å². The number of sulfone groups is 1. The fourth-order valence-corrected chi connectivity index (χ4v) is 3.34. The van der Waals surface area contributed by atoms with E-state index in [2.05, 4.69) is 0 Å². The lowest BCUT2D eigenvalue weighted by Crippen LogP contribution is -2.53. The minimum absolute atomic E-state index is 0.0107. The van der Waals surface area contributed by atoms with Crippen molar-refractivity contribution in [3.8, 4) is 0 Å².